The van der Waals surface area contributed by atoms with Crippen LogP contribution in [0.1, 0.15) is 33.6 Å². The Labute approximate surface area is 141 Å². The zero-order valence-corrected chi connectivity index (χ0v) is 15.0. The van der Waals surface area contributed by atoms with Gasteiger partial charge in [-0.15, -0.1) is 0 Å². The summed E-state index contributed by atoms with van der Waals surface area (Å²) in [7, 11) is 0. The lowest BCUT2D eigenvalue weighted by atomic mass is 9.98. The van der Waals surface area contributed by atoms with Crippen molar-refractivity contribution in [3.8, 4) is 0 Å². The number of rotatable bonds is 1. The fourth-order valence-corrected chi connectivity index (χ4v) is 4.63. The van der Waals surface area contributed by atoms with E-state index in [1.165, 1.54) is 0 Å². The molecule has 2 saturated heterocycles. The smallest absolute Gasteiger partial charge is 0.323 e. The second-order valence-corrected chi connectivity index (χ2v) is 8.86. The van der Waals surface area contributed by atoms with Gasteiger partial charge in [0, 0.05) is 42.9 Å². The molecule has 128 valence electrons. The third-order valence-electron chi connectivity index (χ3n) is 4.45. The average Bonchev–Trinajstić information content (AvgIpc) is 2.96. The van der Waals surface area contributed by atoms with Crippen molar-refractivity contribution in [1.29, 1.82) is 0 Å². The number of thioether (sulfide) groups is 1. The van der Waals surface area contributed by atoms with Crippen LogP contribution in [0.4, 0.5) is 10.6 Å². The third kappa shape index (κ3) is 3.66. The molecule has 1 aromatic heterocycles. The van der Waals surface area contributed by atoms with Gasteiger partial charge in [0.25, 0.3) is 0 Å². The summed E-state index contributed by atoms with van der Waals surface area (Å²) < 4.78 is 7.52. The van der Waals surface area contributed by atoms with Crippen molar-refractivity contribution in [2.24, 2.45) is 0 Å². The van der Waals surface area contributed by atoms with Gasteiger partial charge in [-0.25, -0.2) is 9.48 Å². The summed E-state index contributed by atoms with van der Waals surface area (Å²) in [4.78, 5) is 14.7. The van der Waals surface area contributed by atoms with Gasteiger partial charge in [-0.2, -0.15) is 16.9 Å². The first-order valence-electron chi connectivity index (χ1n) is 8.22. The van der Waals surface area contributed by atoms with Gasteiger partial charge in [0.05, 0.1) is 11.7 Å². The molecule has 1 spiro atoms. The second kappa shape index (κ2) is 6.36. The molecule has 3 heterocycles. The predicted molar refractivity (Wildman–Crippen MR) is 93.1 cm³/mol. The van der Waals surface area contributed by atoms with Crippen molar-refractivity contribution >= 4 is 23.6 Å². The number of anilines is 1. The number of amides is 2. The fourth-order valence-electron chi connectivity index (χ4n) is 3.19. The number of urea groups is 1. The number of carbonyl (C=O) groups excluding carboxylic acids is 1. The number of nitrogens with zero attached hydrogens (tertiary/aromatic N) is 3. The van der Waals surface area contributed by atoms with E-state index in [4.69, 9.17) is 4.74 Å². The predicted octanol–water partition coefficient (Wildman–Crippen LogP) is 2.77. The van der Waals surface area contributed by atoms with E-state index in [0.29, 0.717) is 0 Å². The zero-order valence-electron chi connectivity index (χ0n) is 14.2. The molecule has 0 radical (unpaired) electrons. The number of ether oxygens (including phenoxy) is 1. The lowest BCUT2D eigenvalue weighted by Gasteiger charge is -2.44. The van der Waals surface area contributed by atoms with Crippen LogP contribution in [-0.2, 0) is 10.3 Å². The molecule has 1 aromatic rings. The van der Waals surface area contributed by atoms with Crippen molar-refractivity contribution < 1.29 is 9.53 Å². The third-order valence-corrected chi connectivity index (χ3v) is 5.99. The topological polar surface area (TPSA) is 59.4 Å². The molecular formula is C16H26N4O2S. The van der Waals surface area contributed by atoms with Crippen LogP contribution in [0.5, 0.6) is 0 Å². The van der Waals surface area contributed by atoms with Crippen LogP contribution in [0, 0.1) is 0 Å². The SMILES string of the molecule is CC(C)(C)n1nccc1NC(=O)N1CCSC2(CCOCC2)C1. The number of hydrogen-bond donors (Lipinski definition) is 1. The monoisotopic (exact) mass is 338 g/mol. The van der Waals surface area contributed by atoms with E-state index in [1.807, 2.05) is 27.4 Å². The highest BCUT2D eigenvalue weighted by molar-refractivity contribution is 8.00. The van der Waals surface area contributed by atoms with Crippen molar-refractivity contribution in [1.82, 2.24) is 14.7 Å². The maximum Gasteiger partial charge on any atom is 0.323 e. The Balaban J connectivity index is 1.68. The molecule has 1 N–H and O–H groups in total. The highest BCUT2D eigenvalue weighted by Gasteiger charge is 2.39. The first kappa shape index (κ1) is 16.6. The normalized spacial score (nSPS) is 21.4. The molecule has 0 atom stereocenters. The van der Waals surface area contributed by atoms with Crippen molar-refractivity contribution in [2.75, 3.05) is 37.4 Å². The maximum atomic E-state index is 12.7. The molecule has 2 fully saturated rings. The highest BCUT2D eigenvalue weighted by Crippen LogP contribution is 2.39. The lowest BCUT2D eigenvalue weighted by molar-refractivity contribution is 0.0677. The van der Waals surface area contributed by atoms with E-state index in [2.05, 4.69) is 31.2 Å². The highest BCUT2D eigenvalue weighted by atomic mass is 32.2. The van der Waals surface area contributed by atoms with Crippen molar-refractivity contribution in [3.63, 3.8) is 0 Å². The van der Waals surface area contributed by atoms with Gasteiger partial charge in [0.2, 0.25) is 0 Å². The van der Waals surface area contributed by atoms with Gasteiger partial charge in [-0.3, -0.25) is 5.32 Å². The van der Waals surface area contributed by atoms with E-state index in [1.54, 1.807) is 6.20 Å². The quantitative estimate of drug-likeness (QED) is 0.855. The van der Waals surface area contributed by atoms with Crippen LogP contribution in [0.3, 0.4) is 0 Å². The Kier molecular flexibility index (Phi) is 4.60. The van der Waals surface area contributed by atoms with Gasteiger partial charge in [-0.05, 0) is 33.6 Å². The molecule has 0 unspecified atom stereocenters. The minimum atomic E-state index is -0.161. The number of hydrogen-bond acceptors (Lipinski definition) is 4. The number of aromatic nitrogens is 2. The molecule has 7 heteroatoms. The summed E-state index contributed by atoms with van der Waals surface area (Å²) in [6, 6.07) is 1.83. The zero-order chi connectivity index (χ0) is 16.5. The molecule has 0 aliphatic carbocycles. The van der Waals surface area contributed by atoms with Gasteiger partial charge >= 0.3 is 6.03 Å². The largest absolute Gasteiger partial charge is 0.381 e. The molecule has 2 aliphatic heterocycles. The summed E-state index contributed by atoms with van der Waals surface area (Å²) in [6.07, 6.45) is 3.79. The standard InChI is InChI=1S/C16H26N4O2S/c1-15(2,3)20-13(4-7-17-20)18-14(21)19-8-11-23-16(12-19)5-9-22-10-6-16/h4,7H,5-6,8-12H2,1-3H3,(H,18,21). The maximum absolute atomic E-state index is 12.7. The van der Waals surface area contributed by atoms with Gasteiger partial charge in [0.1, 0.15) is 5.82 Å². The summed E-state index contributed by atoms with van der Waals surface area (Å²) in [6.45, 7) is 9.43. The van der Waals surface area contributed by atoms with Crippen LogP contribution in [0.25, 0.3) is 0 Å². The molecule has 0 bridgehead atoms. The minimum Gasteiger partial charge on any atom is -0.381 e. The van der Waals surface area contributed by atoms with Crippen molar-refractivity contribution in [2.45, 2.75) is 43.9 Å². The first-order valence-corrected chi connectivity index (χ1v) is 9.20. The van der Waals surface area contributed by atoms with Gasteiger partial charge in [-0.1, -0.05) is 0 Å². The lowest BCUT2D eigenvalue weighted by Crippen LogP contribution is -2.52. The summed E-state index contributed by atoms with van der Waals surface area (Å²) in [5.74, 6) is 1.74. The summed E-state index contributed by atoms with van der Waals surface area (Å²) in [5.41, 5.74) is -0.161. The molecule has 23 heavy (non-hydrogen) atoms. The Bertz CT molecular complexity index is 555. The van der Waals surface area contributed by atoms with Gasteiger partial charge in [0.15, 0.2) is 0 Å². The Hall–Kier alpha value is -1.21. The van der Waals surface area contributed by atoms with E-state index < -0.39 is 0 Å². The molecule has 6 nitrogen and oxygen atoms in total. The van der Waals surface area contributed by atoms with Gasteiger partial charge < -0.3 is 9.64 Å². The van der Waals surface area contributed by atoms with Crippen LogP contribution < -0.4 is 5.32 Å². The first-order chi connectivity index (χ1) is 10.9. The fraction of sp³-hybridized carbons (Fsp3) is 0.750. The van der Waals surface area contributed by atoms with E-state index in [0.717, 1.165) is 50.7 Å². The average molecular weight is 338 g/mol. The van der Waals surface area contributed by atoms with Crippen molar-refractivity contribution in [3.05, 3.63) is 12.3 Å². The van der Waals surface area contributed by atoms with Crippen LogP contribution >= 0.6 is 11.8 Å². The second-order valence-electron chi connectivity index (χ2n) is 7.29. The van der Waals surface area contributed by atoms with E-state index >= 15 is 0 Å². The number of nitrogens with one attached hydrogen (secondary N) is 1. The Morgan fingerprint density at radius 2 is 2.13 bits per heavy atom. The van der Waals surface area contributed by atoms with E-state index in [9.17, 15) is 4.79 Å². The minimum absolute atomic E-state index is 0.0258. The Morgan fingerprint density at radius 3 is 2.83 bits per heavy atom. The molecule has 0 aromatic carbocycles. The van der Waals surface area contributed by atoms with E-state index in [-0.39, 0.29) is 16.3 Å². The van der Waals surface area contributed by atoms with Crippen LogP contribution in [0.15, 0.2) is 12.3 Å². The Morgan fingerprint density at radius 1 is 1.39 bits per heavy atom. The molecule has 2 amide bonds. The summed E-state index contributed by atoms with van der Waals surface area (Å²) >= 11 is 2.00. The molecular weight excluding hydrogens is 312 g/mol. The summed E-state index contributed by atoms with van der Waals surface area (Å²) in [5, 5.41) is 7.37. The molecule has 3 rings (SSSR count). The van der Waals surface area contributed by atoms with Crippen LogP contribution in [0.2, 0.25) is 0 Å². The molecule has 2 aliphatic rings. The van der Waals surface area contributed by atoms with Crippen LogP contribution in [-0.4, -0.2) is 57.5 Å². The molecule has 0 saturated carbocycles. The number of carbonyl (C=O) groups is 1.